The molecule has 0 saturated heterocycles. The minimum absolute atomic E-state index is 0.0283. The van der Waals surface area contributed by atoms with E-state index in [0.717, 1.165) is 64.0 Å². The van der Waals surface area contributed by atoms with E-state index < -0.39 is 0 Å². The van der Waals surface area contributed by atoms with Crippen molar-refractivity contribution in [1.82, 2.24) is 9.97 Å². The first-order valence-corrected chi connectivity index (χ1v) is 17.9. The van der Waals surface area contributed by atoms with Gasteiger partial charge in [-0.1, -0.05) is 148 Å². The first-order chi connectivity index (χ1) is 24.8. The summed E-state index contributed by atoms with van der Waals surface area (Å²) in [6, 6.07) is 52.3. The van der Waals surface area contributed by atoms with Crippen molar-refractivity contribution in [3.63, 3.8) is 0 Å². The summed E-state index contributed by atoms with van der Waals surface area (Å²) >= 11 is 0. The summed E-state index contributed by atoms with van der Waals surface area (Å²) in [4.78, 5) is 10.00. The van der Waals surface area contributed by atoms with E-state index in [1.807, 2.05) is 42.5 Å². The molecule has 7 aromatic rings. The summed E-state index contributed by atoms with van der Waals surface area (Å²) in [6.45, 7) is 6.71. The van der Waals surface area contributed by atoms with E-state index in [2.05, 4.69) is 118 Å². The van der Waals surface area contributed by atoms with Gasteiger partial charge in [-0.2, -0.15) is 0 Å². The molecule has 1 atom stereocenters. The second kappa shape index (κ2) is 13.6. The van der Waals surface area contributed by atoms with Gasteiger partial charge in [0, 0.05) is 16.7 Å². The average Bonchev–Trinajstić information content (AvgIpc) is 3.31. The average molecular weight is 665 g/mol. The Morgan fingerprint density at radius 3 is 1.96 bits per heavy atom. The zero-order valence-corrected chi connectivity index (χ0v) is 29.4. The molecule has 2 nitrogen and oxygen atoms in total. The van der Waals surface area contributed by atoms with Crippen molar-refractivity contribution in [2.75, 3.05) is 0 Å². The zero-order valence-electron chi connectivity index (χ0n) is 29.4. The molecule has 51 heavy (non-hydrogen) atoms. The largest absolute Gasteiger partial charge is 0.228 e. The molecule has 0 amide bonds. The van der Waals surface area contributed by atoms with E-state index in [4.69, 9.17) is 9.97 Å². The van der Waals surface area contributed by atoms with Crippen LogP contribution in [0.3, 0.4) is 0 Å². The fourth-order valence-corrected chi connectivity index (χ4v) is 7.37. The molecule has 0 radical (unpaired) electrons. The number of rotatable bonds is 6. The molecule has 0 fully saturated rings. The number of fused-ring (bicyclic) bond motifs is 3. The Hall–Kier alpha value is -5.67. The maximum atomic E-state index is 14.7. The third kappa shape index (κ3) is 6.90. The third-order valence-corrected chi connectivity index (χ3v) is 10.2. The first kappa shape index (κ1) is 32.5. The molecular weight excluding hydrogens is 624 g/mol. The van der Waals surface area contributed by atoms with Crippen molar-refractivity contribution in [3.8, 4) is 56.2 Å². The fourth-order valence-electron chi connectivity index (χ4n) is 7.37. The van der Waals surface area contributed by atoms with Gasteiger partial charge >= 0.3 is 0 Å². The smallest absolute Gasteiger partial charge is 0.160 e. The number of halogens is 1. The molecular formula is C48H41FN2. The summed E-state index contributed by atoms with van der Waals surface area (Å²) in [7, 11) is 0. The zero-order chi connectivity index (χ0) is 35.0. The topological polar surface area (TPSA) is 25.8 Å². The predicted molar refractivity (Wildman–Crippen MR) is 209 cm³/mol. The lowest BCUT2D eigenvalue weighted by Gasteiger charge is -2.22. The van der Waals surface area contributed by atoms with Gasteiger partial charge in [-0.25, -0.2) is 14.4 Å². The number of aryl methyl sites for hydroxylation is 1. The van der Waals surface area contributed by atoms with E-state index >= 15 is 0 Å². The highest BCUT2D eigenvalue weighted by atomic mass is 19.1. The minimum atomic E-state index is -0.178. The van der Waals surface area contributed by atoms with Gasteiger partial charge in [0.25, 0.3) is 0 Å². The van der Waals surface area contributed by atoms with Gasteiger partial charge in [-0.3, -0.25) is 0 Å². The molecule has 1 aliphatic carbocycles. The molecule has 0 N–H and O–H groups in total. The monoisotopic (exact) mass is 664 g/mol. The predicted octanol–water partition coefficient (Wildman–Crippen LogP) is 12.5. The van der Waals surface area contributed by atoms with E-state index in [1.54, 1.807) is 12.1 Å². The number of hydrogen-bond donors (Lipinski definition) is 0. The molecule has 1 unspecified atom stereocenters. The number of nitrogens with zero attached hydrogens (tertiary/aromatic N) is 2. The van der Waals surface area contributed by atoms with Crippen LogP contribution in [0.1, 0.15) is 55.4 Å². The lowest BCUT2D eigenvalue weighted by atomic mass is 9.83. The highest BCUT2D eigenvalue weighted by molar-refractivity contribution is 5.76. The van der Waals surface area contributed by atoms with Gasteiger partial charge in [0.1, 0.15) is 5.82 Å². The van der Waals surface area contributed by atoms with E-state index in [0.29, 0.717) is 11.7 Å². The van der Waals surface area contributed by atoms with Crippen molar-refractivity contribution in [2.45, 2.75) is 51.4 Å². The molecule has 0 spiro atoms. The molecule has 0 saturated carbocycles. The Morgan fingerprint density at radius 2 is 1.24 bits per heavy atom. The van der Waals surface area contributed by atoms with Crippen molar-refractivity contribution >= 4 is 0 Å². The van der Waals surface area contributed by atoms with Crippen LogP contribution in [0, 0.1) is 5.82 Å². The molecule has 250 valence electrons. The van der Waals surface area contributed by atoms with Gasteiger partial charge in [0.15, 0.2) is 5.82 Å². The Labute approximate surface area is 300 Å². The molecule has 0 bridgehead atoms. The van der Waals surface area contributed by atoms with Crippen LogP contribution in [0.5, 0.6) is 0 Å². The quantitative estimate of drug-likeness (QED) is 0.177. The highest BCUT2D eigenvalue weighted by Crippen LogP contribution is 2.42. The second-order valence-corrected chi connectivity index (χ2v) is 14.8. The SMILES string of the molecule is CC(C)(C)c1ccc2c(c1)-c1cc(F)ccc1C(Cc1ccc(-c3cccc(-c4cc(-c5ccccc5)nc(-c5ccccc5)n4)c3)cc1)CC2. The van der Waals surface area contributed by atoms with Crippen LogP contribution in [0.15, 0.2) is 152 Å². The maximum absolute atomic E-state index is 14.7. The van der Waals surface area contributed by atoms with E-state index in [1.165, 1.54) is 27.8 Å². The number of aromatic nitrogens is 2. The minimum Gasteiger partial charge on any atom is -0.228 e. The summed E-state index contributed by atoms with van der Waals surface area (Å²) in [6.07, 6.45) is 2.91. The van der Waals surface area contributed by atoms with Gasteiger partial charge in [0.2, 0.25) is 0 Å². The third-order valence-electron chi connectivity index (χ3n) is 10.2. The van der Waals surface area contributed by atoms with Crippen molar-refractivity contribution in [1.29, 1.82) is 0 Å². The van der Waals surface area contributed by atoms with Crippen LogP contribution in [0.4, 0.5) is 4.39 Å². The molecule has 3 heteroatoms. The first-order valence-electron chi connectivity index (χ1n) is 17.9. The van der Waals surface area contributed by atoms with Gasteiger partial charge in [-0.05, 0) is 99.4 Å². The normalized spacial score (nSPS) is 14.0. The molecule has 0 aliphatic heterocycles. The molecule has 1 aromatic heterocycles. The van der Waals surface area contributed by atoms with Gasteiger partial charge < -0.3 is 0 Å². The lowest BCUT2D eigenvalue weighted by Crippen LogP contribution is -2.11. The number of hydrogen-bond acceptors (Lipinski definition) is 2. The Morgan fingerprint density at radius 1 is 0.569 bits per heavy atom. The summed E-state index contributed by atoms with van der Waals surface area (Å²) < 4.78 is 14.7. The van der Waals surface area contributed by atoms with Crippen LogP contribution >= 0.6 is 0 Å². The Balaban J connectivity index is 1.08. The van der Waals surface area contributed by atoms with Crippen molar-refractivity contribution in [2.24, 2.45) is 0 Å². The molecule has 1 aliphatic rings. The number of benzene rings is 6. The van der Waals surface area contributed by atoms with E-state index in [9.17, 15) is 4.39 Å². The van der Waals surface area contributed by atoms with Crippen molar-refractivity contribution < 1.29 is 4.39 Å². The van der Waals surface area contributed by atoms with Crippen molar-refractivity contribution in [3.05, 3.63) is 180 Å². The molecule has 8 rings (SSSR count). The van der Waals surface area contributed by atoms with Crippen LogP contribution < -0.4 is 0 Å². The molecule has 6 aromatic carbocycles. The van der Waals surface area contributed by atoms with Crippen LogP contribution in [-0.2, 0) is 18.3 Å². The second-order valence-electron chi connectivity index (χ2n) is 14.8. The highest BCUT2D eigenvalue weighted by Gasteiger charge is 2.25. The van der Waals surface area contributed by atoms with E-state index in [-0.39, 0.29) is 11.2 Å². The van der Waals surface area contributed by atoms with Gasteiger partial charge in [0.05, 0.1) is 11.4 Å². The Bertz CT molecular complexity index is 2260. The summed E-state index contributed by atoms with van der Waals surface area (Å²) in [5.41, 5.74) is 14.6. The fraction of sp³-hybridized carbons (Fsp3) is 0.167. The summed E-state index contributed by atoms with van der Waals surface area (Å²) in [5, 5.41) is 0. The van der Waals surface area contributed by atoms with Crippen LogP contribution in [-0.4, -0.2) is 9.97 Å². The van der Waals surface area contributed by atoms with Crippen LogP contribution in [0.25, 0.3) is 56.2 Å². The summed E-state index contributed by atoms with van der Waals surface area (Å²) in [5.74, 6) is 0.834. The van der Waals surface area contributed by atoms with Gasteiger partial charge in [-0.15, -0.1) is 0 Å². The standard InChI is InChI=1S/C48H41FN2/c1-48(2,3)40-24-23-34-21-22-38(42-26-25-41(49)30-44(42)43(34)29-40)27-32-17-19-33(20-18-32)37-15-10-16-39(28-37)46-31-45(35-11-6-4-7-12-35)50-47(51-46)36-13-8-5-9-14-36/h4-20,23-26,28-31,38H,21-22,27H2,1-3H3. The Kier molecular flexibility index (Phi) is 8.65. The van der Waals surface area contributed by atoms with Crippen LogP contribution in [0.2, 0.25) is 0 Å². The maximum Gasteiger partial charge on any atom is 0.160 e. The molecule has 1 heterocycles. The lowest BCUT2D eigenvalue weighted by molar-refractivity contribution is 0.590.